The maximum Gasteiger partial charge on any atom is 0.326 e. The van der Waals surface area contributed by atoms with Crippen molar-refractivity contribution in [3.8, 4) is 5.75 Å². The Morgan fingerprint density at radius 3 is 2.61 bits per heavy atom. The highest BCUT2D eigenvalue weighted by molar-refractivity contribution is 6.06. The molecule has 2 aliphatic heterocycles. The second-order valence-corrected chi connectivity index (χ2v) is 10.6. The van der Waals surface area contributed by atoms with E-state index in [2.05, 4.69) is 15.2 Å². The van der Waals surface area contributed by atoms with Gasteiger partial charge in [0.15, 0.2) is 5.82 Å². The third kappa shape index (κ3) is 3.70. The van der Waals surface area contributed by atoms with Gasteiger partial charge in [-0.3, -0.25) is 14.3 Å². The van der Waals surface area contributed by atoms with E-state index in [9.17, 15) is 23.5 Å². The summed E-state index contributed by atoms with van der Waals surface area (Å²) in [6, 6.07) is 7.09. The molecule has 1 aliphatic carbocycles. The zero-order valence-corrected chi connectivity index (χ0v) is 19.9. The van der Waals surface area contributed by atoms with Gasteiger partial charge in [0, 0.05) is 30.4 Å². The van der Waals surface area contributed by atoms with Crippen LogP contribution in [0.5, 0.6) is 5.75 Å². The van der Waals surface area contributed by atoms with Crippen LogP contribution in [-0.4, -0.2) is 57.3 Å². The quantitative estimate of drug-likeness (QED) is 0.502. The van der Waals surface area contributed by atoms with Gasteiger partial charge in [-0.1, -0.05) is 0 Å². The largest absolute Gasteiger partial charge is 0.492 e. The number of piperidine rings is 1. The molecule has 3 heterocycles. The summed E-state index contributed by atoms with van der Waals surface area (Å²) in [5, 5.41) is 12.9. The topological polar surface area (TPSA) is 99.6 Å². The second-order valence-electron chi connectivity index (χ2n) is 10.6. The number of aromatic nitrogens is 2. The minimum absolute atomic E-state index is 0.0748. The summed E-state index contributed by atoms with van der Waals surface area (Å²) < 4.78 is 36.0. The van der Waals surface area contributed by atoms with Gasteiger partial charge < -0.3 is 20.1 Å². The van der Waals surface area contributed by atoms with E-state index in [1.165, 1.54) is 22.8 Å². The number of nitrogens with zero attached hydrogens (tertiary/aromatic N) is 2. The molecule has 0 radical (unpaired) electrons. The molecule has 10 heteroatoms. The zero-order chi connectivity index (χ0) is 25.2. The standard InChI is InChI=1S/C26H28F2N4O4/c1-25(35)13-16(14-25)32-22-19(28)11-17(12-21(22)30-24(32)34)36-9-8-31-6-4-26(5-7-31)18-10-15(27)2-3-20(18)29-23(26)33/h2-3,10-12,16,35H,4-9,13-14H2,1H3,(H,29,33)(H,30,34). The third-order valence-corrected chi connectivity index (χ3v) is 8.02. The molecule has 190 valence electrons. The van der Waals surface area contributed by atoms with E-state index in [-0.39, 0.29) is 23.3 Å². The molecule has 3 aliphatic rings. The van der Waals surface area contributed by atoms with E-state index in [1.807, 2.05) is 0 Å². The van der Waals surface area contributed by atoms with Crippen molar-refractivity contribution < 1.29 is 23.4 Å². The Kier molecular flexibility index (Phi) is 5.24. The van der Waals surface area contributed by atoms with Crippen LogP contribution in [0.2, 0.25) is 0 Å². The van der Waals surface area contributed by atoms with Gasteiger partial charge in [-0.05, 0) is 69.5 Å². The maximum atomic E-state index is 15.0. The molecule has 36 heavy (non-hydrogen) atoms. The van der Waals surface area contributed by atoms with Crippen LogP contribution >= 0.6 is 0 Å². The highest BCUT2D eigenvalue weighted by atomic mass is 19.1. The Morgan fingerprint density at radius 1 is 1.14 bits per heavy atom. The van der Waals surface area contributed by atoms with Crippen molar-refractivity contribution in [3.63, 3.8) is 0 Å². The number of amides is 1. The Labute approximate surface area is 205 Å². The molecule has 1 saturated heterocycles. The van der Waals surface area contributed by atoms with Crippen LogP contribution in [0, 0.1) is 11.6 Å². The smallest absolute Gasteiger partial charge is 0.326 e. The van der Waals surface area contributed by atoms with Crippen molar-refractivity contribution in [1.82, 2.24) is 14.5 Å². The first-order valence-electron chi connectivity index (χ1n) is 12.3. The Bertz CT molecular complexity index is 1410. The van der Waals surface area contributed by atoms with Crippen LogP contribution in [-0.2, 0) is 10.2 Å². The molecule has 2 aromatic carbocycles. The van der Waals surface area contributed by atoms with E-state index < -0.39 is 22.5 Å². The van der Waals surface area contributed by atoms with Crippen LogP contribution in [0.3, 0.4) is 0 Å². The second kappa shape index (κ2) is 8.14. The van der Waals surface area contributed by atoms with E-state index >= 15 is 0 Å². The molecular weight excluding hydrogens is 470 g/mol. The number of carbonyl (C=O) groups is 1. The van der Waals surface area contributed by atoms with Crippen LogP contribution in [0.1, 0.15) is 44.2 Å². The fourth-order valence-corrected chi connectivity index (χ4v) is 6.09. The van der Waals surface area contributed by atoms with Gasteiger partial charge in [-0.25, -0.2) is 13.6 Å². The number of benzene rings is 2. The molecular formula is C26H28F2N4O4. The number of carbonyl (C=O) groups excluding carboxylic acids is 1. The Morgan fingerprint density at radius 2 is 1.89 bits per heavy atom. The van der Waals surface area contributed by atoms with Crippen molar-refractivity contribution in [2.45, 2.75) is 49.7 Å². The third-order valence-electron chi connectivity index (χ3n) is 8.02. The zero-order valence-electron chi connectivity index (χ0n) is 19.9. The van der Waals surface area contributed by atoms with Crippen LogP contribution < -0.4 is 15.7 Å². The number of hydrogen-bond acceptors (Lipinski definition) is 5. The van der Waals surface area contributed by atoms with Gasteiger partial charge in [0.2, 0.25) is 5.91 Å². The SMILES string of the molecule is CC1(O)CC(n2c(=O)[nH]c3cc(OCCN4CCC5(CC4)C(=O)Nc4ccc(F)cc45)cc(F)c32)C1. The molecule has 0 atom stereocenters. The summed E-state index contributed by atoms with van der Waals surface area (Å²) in [4.78, 5) is 30.1. The number of aromatic amines is 1. The molecule has 2 fully saturated rings. The van der Waals surface area contributed by atoms with Gasteiger partial charge in [-0.15, -0.1) is 0 Å². The summed E-state index contributed by atoms with van der Waals surface area (Å²) in [5.41, 5.74) is 0.0450. The lowest BCUT2D eigenvalue weighted by Crippen LogP contribution is -2.47. The van der Waals surface area contributed by atoms with Crippen LogP contribution in [0.15, 0.2) is 35.1 Å². The molecule has 1 amide bonds. The fourth-order valence-electron chi connectivity index (χ4n) is 6.09. The minimum atomic E-state index is -0.831. The van der Waals surface area contributed by atoms with Crippen molar-refractivity contribution in [2.75, 3.05) is 31.6 Å². The summed E-state index contributed by atoms with van der Waals surface area (Å²) in [6.07, 6.45) is 1.96. The number of aliphatic hydroxyl groups is 1. The lowest BCUT2D eigenvalue weighted by Gasteiger charge is -2.41. The van der Waals surface area contributed by atoms with Crippen LogP contribution in [0.4, 0.5) is 14.5 Å². The molecule has 0 bridgehead atoms. The van der Waals surface area contributed by atoms with E-state index in [0.29, 0.717) is 68.9 Å². The summed E-state index contributed by atoms with van der Waals surface area (Å²) >= 11 is 0. The molecule has 3 N–H and O–H groups in total. The predicted molar refractivity (Wildman–Crippen MR) is 129 cm³/mol. The van der Waals surface area contributed by atoms with Gasteiger partial charge in [0.05, 0.1) is 16.5 Å². The van der Waals surface area contributed by atoms with Crippen molar-refractivity contribution in [1.29, 1.82) is 0 Å². The lowest BCUT2D eigenvalue weighted by atomic mass is 9.73. The molecule has 1 spiro atoms. The average molecular weight is 499 g/mol. The van der Waals surface area contributed by atoms with E-state index in [1.54, 1.807) is 19.1 Å². The highest BCUT2D eigenvalue weighted by Gasteiger charge is 2.48. The minimum Gasteiger partial charge on any atom is -0.492 e. The van der Waals surface area contributed by atoms with Crippen molar-refractivity contribution in [2.24, 2.45) is 0 Å². The molecule has 1 saturated carbocycles. The number of nitrogens with one attached hydrogen (secondary N) is 2. The van der Waals surface area contributed by atoms with Gasteiger partial charge in [-0.2, -0.15) is 0 Å². The number of halogens is 2. The first kappa shape index (κ1) is 23.2. The maximum absolute atomic E-state index is 15.0. The number of rotatable bonds is 5. The summed E-state index contributed by atoms with van der Waals surface area (Å²) in [7, 11) is 0. The number of hydrogen-bond donors (Lipinski definition) is 3. The predicted octanol–water partition coefficient (Wildman–Crippen LogP) is 3.06. The fraction of sp³-hybridized carbons (Fsp3) is 0.462. The number of ether oxygens (including phenoxy) is 1. The first-order valence-corrected chi connectivity index (χ1v) is 12.3. The Balaban J connectivity index is 1.09. The summed E-state index contributed by atoms with van der Waals surface area (Å²) in [5.74, 6) is -0.650. The van der Waals surface area contributed by atoms with Crippen molar-refractivity contribution >= 4 is 22.6 Å². The van der Waals surface area contributed by atoms with E-state index in [0.717, 1.165) is 5.56 Å². The van der Waals surface area contributed by atoms with Crippen molar-refractivity contribution in [3.05, 3.63) is 58.0 Å². The monoisotopic (exact) mass is 498 g/mol. The molecule has 1 aromatic heterocycles. The number of fused-ring (bicyclic) bond motifs is 3. The average Bonchev–Trinajstić information content (AvgIpc) is 3.27. The molecule has 8 nitrogen and oxygen atoms in total. The lowest BCUT2D eigenvalue weighted by molar-refractivity contribution is -0.122. The molecule has 3 aromatic rings. The van der Waals surface area contributed by atoms with E-state index in [4.69, 9.17) is 4.74 Å². The van der Waals surface area contributed by atoms with Gasteiger partial charge in [0.1, 0.15) is 23.7 Å². The molecule has 0 unspecified atom stereocenters. The number of anilines is 1. The number of H-pyrrole nitrogens is 1. The first-order chi connectivity index (χ1) is 17.1. The molecule has 6 rings (SSSR count). The summed E-state index contributed by atoms with van der Waals surface area (Å²) in [6.45, 7) is 3.91. The van der Waals surface area contributed by atoms with Gasteiger partial charge in [0.25, 0.3) is 0 Å². The normalized spacial score (nSPS) is 25.1. The number of imidazole rings is 1. The van der Waals surface area contributed by atoms with Crippen LogP contribution in [0.25, 0.3) is 11.0 Å². The van der Waals surface area contributed by atoms with Gasteiger partial charge >= 0.3 is 5.69 Å². The Hall–Kier alpha value is -3.24. The number of likely N-dealkylation sites (tertiary alicyclic amines) is 1. The highest BCUT2D eigenvalue weighted by Crippen LogP contribution is 2.45.